The monoisotopic (exact) mass is 667 g/mol. The molecule has 4 heterocycles. The Hall–Kier alpha value is -5.18. The number of alkyl halides is 3. The molecule has 1 atom stereocenters. The predicted octanol–water partition coefficient (Wildman–Crippen LogP) is 5.80. The quantitative estimate of drug-likeness (QED) is 0.149. The number of aromatic nitrogens is 3. The highest BCUT2D eigenvalue weighted by atomic mass is 19.4. The number of nitrogens with zero attached hydrogens (tertiary/aromatic N) is 5. The van der Waals surface area contributed by atoms with Gasteiger partial charge in [0.1, 0.15) is 41.0 Å². The van der Waals surface area contributed by atoms with Crippen LogP contribution in [-0.2, 0) is 4.79 Å². The maximum Gasteiger partial charge on any atom is 0.418 e. The summed E-state index contributed by atoms with van der Waals surface area (Å²) in [6.45, 7) is 4.06. The Bertz CT molecular complexity index is 1830. The number of carbonyl (C=O) groups excluding carboxylic acids is 1. The number of anilines is 4. The Labute approximate surface area is 273 Å². The van der Waals surface area contributed by atoms with E-state index in [1.807, 2.05) is 6.07 Å². The van der Waals surface area contributed by atoms with Crippen LogP contribution in [-0.4, -0.2) is 82.0 Å². The zero-order chi connectivity index (χ0) is 34.1. The van der Waals surface area contributed by atoms with Gasteiger partial charge < -0.3 is 35.0 Å². The summed E-state index contributed by atoms with van der Waals surface area (Å²) >= 11 is 0. The lowest BCUT2D eigenvalue weighted by Crippen LogP contribution is -2.47. The van der Waals surface area contributed by atoms with E-state index in [1.165, 1.54) is 53.8 Å². The summed E-state index contributed by atoms with van der Waals surface area (Å²) in [6.07, 6.45) is 0.268. The summed E-state index contributed by atoms with van der Waals surface area (Å²) in [5, 5.41) is 17.2. The molecule has 252 valence electrons. The molecule has 1 amide bonds. The molecule has 2 saturated heterocycles. The Balaban J connectivity index is 1.16. The fraction of sp³-hybridized carbons (Fsp3) is 0.333. The van der Waals surface area contributed by atoms with E-state index in [-0.39, 0.29) is 41.5 Å². The summed E-state index contributed by atoms with van der Waals surface area (Å²) in [7, 11) is 1.56. The van der Waals surface area contributed by atoms with E-state index in [9.17, 15) is 23.1 Å². The molecule has 0 radical (unpaired) electrons. The SMILES string of the molecule is C=CC(=O)N1CCC(Nc2cc3c(Nc4ccc(Oc5ccnc(N6CC[C@](O)(C(F)(F)F)C6)c5)cc4F)ncnc3cc2OC)CC1. The van der Waals surface area contributed by atoms with Crippen molar-refractivity contribution < 1.29 is 36.9 Å². The number of carbonyl (C=O) groups is 1. The number of hydrogen-bond donors (Lipinski definition) is 3. The van der Waals surface area contributed by atoms with Gasteiger partial charge in [-0.1, -0.05) is 6.58 Å². The number of halogens is 4. The highest BCUT2D eigenvalue weighted by Gasteiger charge is 2.57. The average molecular weight is 668 g/mol. The number of nitrogens with one attached hydrogen (secondary N) is 2. The van der Waals surface area contributed by atoms with E-state index in [4.69, 9.17) is 9.47 Å². The molecule has 48 heavy (non-hydrogen) atoms. The van der Waals surface area contributed by atoms with E-state index in [0.717, 1.165) is 12.8 Å². The lowest BCUT2D eigenvalue weighted by molar-refractivity contribution is -0.250. The number of benzene rings is 2. The summed E-state index contributed by atoms with van der Waals surface area (Å²) in [6, 6.07) is 10.8. The van der Waals surface area contributed by atoms with Crippen LogP contribution in [0.2, 0.25) is 0 Å². The van der Waals surface area contributed by atoms with Crippen LogP contribution in [0.4, 0.5) is 40.6 Å². The van der Waals surface area contributed by atoms with Crippen LogP contribution in [0.5, 0.6) is 17.2 Å². The minimum atomic E-state index is -4.76. The number of β-amino-alcohol motifs (C(OH)–C–C–N with tert-alkyl or cyclic N) is 1. The molecule has 0 spiro atoms. The molecule has 0 aliphatic carbocycles. The fourth-order valence-electron chi connectivity index (χ4n) is 5.84. The Morgan fingerprint density at radius 1 is 1.06 bits per heavy atom. The van der Waals surface area contributed by atoms with Crippen LogP contribution in [0, 0.1) is 5.82 Å². The van der Waals surface area contributed by atoms with Gasteiger partial charge in [0.05, 0.1) is 30.5 Å². The smallest absolute Gasteiger partial charge is 0.418 e. The minimum absolute atomic E-state index is 0.0406. The normalized spacial score (nSPS) is 18.5. The van der Waals surface area contributed by atoms with Crippen molar-refractivity contribution in [3.05, 3.63) is 73.5 Å². The van der Waals surface area contributed by atoms with Gasteiger partial charge >= 0.3 is 6.18 Å². The molecule has 2 aliphatic heterocycles. The first-order valence-corrected chi connectivity index (χ1v) is 15.2. The number of likely N-dealkylation sites (tertiary alicyclic amines) is 1. The van der Waals surface area contributed by atoms with Crippen molar-refractivity contribution in [2.24, 2.45) is 0 Å². The van der Waals surface area contributed by atoms with E-state index < -0.39 is 30.6 Å². The topological polar surface area (TPSA) is 125 Å². The van der Waals surface area contributed by atoms with Gasteiger partial charge in [0, 0.05) is 61.9 Å². The number of pyridine rings is 1. The molecule has 2 aromatic heterocycles. The van der Waals surface area contributed by atoms with Gasteiger partial charge in [0.25, 0.3) is 0 Å². The predicted molar refractivity (Wildman–Crippen MR) is 171 cm³/mol. The third-order valence-electron chi connectivity index (χ3n) is 8.54. The van der Waals surface area contributed by atoms with Gasteiger partial charge in [-0.2, -0.15) is 13.2 Å². The van der Waals surface area contributed by atoms with Gasteiger partial charge in [0.2, 0.25) is 5.91 Å². The molecule has 2 aromatic carbocycles. The van der Waals surface area contributed by atoms with E-state index in [0.29, 0.717) is 41.2 Å². The van der Waals surface area contributed by atoms with Crippen molar-refractivity contribution in [2.45, 2.75) is 37.1 Å². The Morgan fingerprint density at radius 3 is 2.52 bits per heavy atom. The first kappa shape index (κ1) is 32.7. The van der Waals surface area contributed by atoms with Crippen LogP contribution in [0.3, 0.4) is 0 Å². The lowest BCUT2D eigenvalue weighted by atomic mass is 10.0. The number of amides is 1. The fourth-order valence-corrected chi connectivity index (χ4v) is 5.84. The molecule has 2 fully saturated rings. The number of methoxy groups -OCH3 is 1. The zero-order valence-electron chi connectivity index (χ0n) is 25.9. The van der Waals surface area contributed by atoms with Crippen LogP contribution in [0.25, 0.3) is 10.9 Å². The summed E-state index contributed by atoms with van der Waals surface area (Å²) in [5.74, 6) is 0.769. The van der Waals surface area contributed by atoms with Crippen LogP contribution in [0.1, 0.15) is 19.3 Å². The molecule has 6 rings (SSSR count). The maximum absolute atomic E-state index is 15.4. The molecular weight excluding hydrogens is 634 g/mol. The summed E-state index contributed by atoms with van der Waals surface area (Å²) in [4.78, 5) is 27.9. The first-order valence-electron chi connectivity index (χ1n) is 15.2. The second-order valence-electron chi connectivity index (χ2n) is 11.7. The average Bonchev–Trinajstić information content (AvgIpc) is 3.50. The number of piperidine rings is 1. The van der Waals surface area contributed by atoms with Gasteiger partial charge in [-0.05, 0) is 43.2 Å². The van der Waals surface area contributed by atoms with E-state index in [2.05, 4.69) is 32.2 Å². The summed E-state index contributed by atoms with van der Waals surface area (Å²) < 4.78 is 66.6. The van der Waals surface area contributed by atoms with Crippen molar-refractivity contribution in [1.82, 2.24) is 19.9 Å². The van der Waals surface area contributed by atoms with Crippen molar-refractivity contribution in [3.8, 4) is 17.2 Å². The highest BCUT2D eigenvalue weighted by molar-refractivity contribution is 5.95. The van der Waals surface area contributed by atoms with E-state index >= 15 is 4.39 Å². The van der Waals surface area contributed by atoms with Crippen LogP contribution < -0.4 is 25.0 Å². The van der Waals surface area contributed by atoms with Crippen molar-refractivity contribution >= 4 is 39.8 Å². The van der Waals surface area contributed by atoms with E-state index in [1.54, 1.807) is 18.1 Å². The van der Waals surface area contributed by atoms with Gasteiger partial charge in [0.15, 0.2) is 5.60 Å². The molecule has 0 saturated carbocycles. The molecule has 15 heteroatoms. The third kappa shape index (κ3) is 6.76. The number of rotatable bonds is 9. The molecule has 11 nitrogen and oxygen atoms in total. The highest BCUT2D eigenvalue weighted by Crippen LogP contribution is 2.40. The summed E-state index contributed by atoms with van der Waals surface area (Å²) in [5.41, 5.74) is -1.43. The Kier molecular flexibility index (Phi) is 8.97. The molecule has 4 aromatic rings. The van der Waals surface area contributed by atoms with Gasteiger partial charge in [-0.3, -0.25) is 4.79 Å². The lowest BCUT2D eigenvalue weighted by Gasteiger charge is -2.32. The number of ether oxygens (including phenoxy) is 2. The minimum Gasteiger partial charge on any atom is -0.495 e. The maximum atomic E-state index is 15.4. The third-order valence-corrected chi connectivity index (χ3v) is 8.54. The molecule has 3 N–H and O–H groups in total. The second-order valence-corrected chi connectivity index (χ2v) is 11.7. The molecule has 0 bridgehead atoms. The van der Waals surface area contributed by atoms with Crippen molar-refractivity contribution in [1.29, 1.82) is 0 Å². The van der Waals surface area contributed by atoms with Crippen molar-refractivity contribution in [2.75, 3.05) is 48.8 Å². The number of hydrogen-bond acceptors (Lipinski definition) is 10. The standard InChI is InChI=1S/C33H33F4N7O4/c1-3-30(45)43-11-7-20(8-12-43)41-27-16-23-26(17-28(27)47-2)39-19-40-31(23)42-25-5-4-21(14-24(25)34)48-22-6-10-38-29(15-22)44-13-9-32(46,18-44)33(35,36)37/h3-6,10,14-17,19-20,41,46H,1,7-9,11-13,18H2,2H3,(H,39,40,42)/t32-/m1/s1. The van der Waals surface area contributed by atoms with Gasteiger partial charge in [-0.15, -0.1) is 0 Å². The molecule has 2 aliphatic rings. The van der Waals surface area contributed by atoms with Gasteiger partial charge in [-0.25, -0.2) is 19.3 Å². The van der Waals surface area contributed by atoms with Crippen LogP contribution >= 0.6 is 0 Å². The number of aliphatic hydroxyl groups is 1. The first-order chi connectivity index (χ1) is 23.0. The van der Waals surface area contributed by atoms with Crippen LogP contribution in [0.15, 0.2) is 67.6 Å². The zero-order valence-corrected chi connectivity index (χ0v) is 25.9. The molecule has 0 unspecified atom stereocenters. The largest absolute Gasteiger partial charge is 0.495 e. The Morgan fingerprint density at radius 2 is 1.83 bits per heavy atom. The van der Waals surface area contributed by atoms with Crippen molar-refractivity contribution in [3.63, 3.8) is 0 Å². The number of fused-ring (bicyclic) bond motifs is 1. The second kappa shape index (κ2) is 13.1. The molecular formula is C33H33F4N7O4.